The largest absolute Gasteiger partial charge is 0.423 e. The van der Waals surface area contributed by atoms with E-state index in [1.807, 2.05) is 19.9 Å². The van der Waals surface area contributed by atoms with Gasteiger partial charge in [-0.15, -0.1) is 0 Å². The number of nitrogen functional groups attached to an aromatic ring is 1. The highest BCUT2D eigenvalue weighted by atomic mass is 16.5. The van der Waals surface area contributed by atoms with Crippen molar-refractivity contribution in [3.05, 3.63) is 23.3 Å². The number of rotatable bonds is 2. The van der Waals surface area contributed by atoms with Crippen molar-refractivity contribution in [1.82, 2.24) is 20.2 Å². The fourth-order valence-electron chi connectivity index (χ4n) is 1.36. The Morgan fingerprint density at radius 2 is 2.00 bits per heavy atom. The van der Waals surface area contributed by atoms with Crippen LogP contribution in [0.5, 0.6) is 11.8 Å². The summed E-state index contributed by atoms with van der Waals surface area (Å²) in [5, 5.41) is 10.9. The maximum atomic E-state index is 5.82. The van der Waals surface area contributed by atoms with Crippen LogP contribution in [0.1, 0.15) is 11.1 Å². The molecule has 0 aliphatic rings. The number of benzene rings is 1. The highest BCUT2D eigenvalue weighted by Gasteiger charge is 2.08. The Kier molecular flexibility index (Phi) is 2.47. The monoisotopic (exact) mass is 219 g/mol. The molecule has 0 saturated carbocycles. The van der Waals surface area contributed by atoms with Crippen molar-refractivity contribution in [3.63, 3.8) is 0 Å². The molecule has 1 aromatic heterocycles. The van der Waals surface area contributed by atoms with E-state index in [9.17, 15) is 0 Å². The van der Waals surface area contributed by atoms with Crippen LogP contribution in [0.2, 0.25) is 0 Å². The zero-order chi connectivity index (χ0) is 11.7. The van der Waals surface area contributed by atoms with E-state index >= 15 is 0 Å². The molecule has 1 heterocycles. The molecule has 0 atom stereocenters. The molecule has 6 nitrogen and oxygen atoms in total. The Bertz CT molecular complexity index is 520. The zero-order valence-corrected chi connectivity index (χ0v) is 9.43. The topological polar surface area (TPSA) is 78.9 Å². The molecule has 1 aromatic carbocycles. The number of aromatic nitrogens is 4. The lowest BCUT2D eigenvalue weighted by Gasteiger charge is -2.09. The first-order valence-electron chi connectivity index (χ1n) is 4.85. The molecule has 2 aromatic rings. The van der Waals surface area contributed by atoms with Crippen LogP contribution in [-0.2, 0) is 7.05 Å². The number of tetrazole rings is 1. The second-order valence-corrected chi connectivity index (χ2v) is 3.66. The summed E-state index contributed by atoms with van der Waals surface area (Å²) in [5.74, 6) is 0.668. The van der Waals surface area contributed by atoms with Gasteiger partial charge in [0.1, 0.15) is 5.75 Å². The van der Waals surface area contributed by atoms with Crippen molar-refractivity contribution in [2.75, 3.05) is 5.73 Å². The number of nitrogens with zero attached hydrogens (tertiary/aromatic N) is 4. The fourth-order valence-corrected chi connectivity index (χ4v) is 1.36. The van der Waals surface area contributed by atoms with Crippen LogP contribution in [0.15, 0.2) is 12.1 Å². The van der Waals surface area contributed by atoms with Gasteiger partial charge in [-0.25, -0.2) is 0 Å². The Balaban J connectivity index is 2.35. The average Bonchev–Trinajstić information content (AvgIpc) is 2.61. The van der Waals surface area contributed by atoms with Crippen molar-refractivity contribution in [1.29, 1.82) is 0 Å². The number of aryl methyl sites for hydroxylation is 3. The molecule has 0 radical (unpaired) electrons. The van der Waals surface area contributed by atoms with Gasteiger partial charge < -0.3 is 10.5 Å². The number of ether oxygens (including phenoxy) is 1. The molecular weight excluding hydrogens is 206 g/mol. The third kappa shape index (κ3) is 1.81. The van der Waals surface area contributed by atoms with E-state index in [-0.39, 0.29) is 0 Å². The maximum absolute atomic E-state index is 5.82. The molecule has 16 heavy (non-hydrogen) atoms. The summed E-state index contributed by atoms with van der Waals surface area (Å²) >= 11 is 0. The van der Waals surface area contributed by atoms with Gasteiger partial charge in [0.15, 0.2) is 0 Å². The van der Waals surface area contributed by atoms with Crippen molar-refractivity contribution in [2.45, 2.75) is 13.8 Å². The molecule has 0 saturated heterocycles. The normalized spacial score (nSPS) is 10.4. The first-order chi connectivity index (χ1) is 7.58. The average molecular weight is 219 g/mol. The Morgan fingerprint density at radius 3 is 2.62 bits per heavy atom. The number of nitrogens with two attached hydrogens (primary N) is 1. The minimum atomic E-state index is 0.339. The van der Waals surface area contributed by atoms with Gasteiger partial charge in [0.05, 0.1) is 0 Å². The van der Waals surface area contributed by atoms with Crippen molar-refractivity contribution in [2.24, 2.45) is 7.05 Å². The Labute approximate surface area is 93.0 Å². The van der Waals surface area contributed by atoms with Gasteiger partial charge >= 0.3 is 6.01 Å². The summed E-state index contributed by atoms with van der Waals surface area (Å²) in [4.78, 5) is 0. The first-order valence-corrected chi connectivity index (χ1v) is 4.85. The van der Waals surface area contributed by atoms with Crippen LogP contribution >= 0.6 is 0 Å². The van der Waals surface area contributed by atoms with Crippen molar-refractivity contribution in [3.8, 4) is 11.8 Å². The van der Waals surface area contributed by atoms with Gasteiger partial charge in [-0.05, 0) is 35.4 Å². The molecule has 0 aliphatic carbocycles. The molecule has 2 rings (SSSR count). The summed E-state index contributed by atoms with van der Waals surface area (Å²) in [6, 6.07) is 4.08. The van der Waals surface area contributed by atoms with Crippen LogP contribution in [0.25, 0.3) is 0 Å². The number of hydrogen-bond acceptors (Lipinski definition) is 5. The second-order valence-electron chi connectivity index (χ2n) is 3.66. The van der Waals surface area contributed by atoms with Crippen LogP contribution in [-0.4, -0.2) is 20.2 Å². The third-order valence-corrected chi connectivity index (χ3v) is 2.35. The molecule has 0 bridgehead atoms. The van der Waals surface area contributed by atoms with Crippen molar-refractivity contribution >= 4 is 5.69 Å². The molecule has 0 amide bonds. The van der Waals surface area contributed by atoms with E-state index in [0.717, 1.165) is 11.1 Å². The predicted molar refractivity (Wildman–Crippen MR) is 59.2 cm³/mol. The molecular formula is C10H13N5O. The number of hydrogen-bond donors (Lipinski definition) is 1. The van der Waals surface area contributed by atoms with E-state index in [2.05, 4.69) is 15.5 Å². The third-order valence-electron chi connectivity index (χ3n) is 2.35. The van der Waals surface area contributed by atoms with Gasteiger partial charge in [-0.3, -0.25) is 0 Å². The van der Waals surface area contributed by atoms with Crippen LogP contribution < -0.4 is 10.5 Å². The summed E-state index contributed by atoms with van der Waals surface area (Å²) < 4.78 is 7.02. The molecule has 0 aliphatic heterocycles. The van der Waals surface area contributed by atoms with E-state index in [0.29, 0.717) is 17.4 Å². The molecule has 6 heteroatoms. The van der Waals surface area contributed by atoms with Crippen LogP contribution in [0, 0.1) is 13.8 Å². The van der Waals surface area contributed by atoms with Gasteiger partial charge in [-0.1, -0.05) is 11.2 Å². The maximum Gasteiger partial charge on any atom is 0.340 e. The van der Waals surface area contributed by atoms with Crippen LogP contribution in [0.4, 0.5) is 5.69 Å². The van der Waals surface area contributed by atoms with E-state index in [1.165, 1.54) is 4.68 Å². The lowest BCUT2D eigenvalue weighted by molar-refractivity contribution is 0.412. The van der Waals surface area contributed by atoms with E-state index in [1.54, 1.807) is 13.1 Å². The lowest BCUT2D eigenvalue weighted by atomic mass is 10.1. The standard InChI is InChI=1S/C10H13N5O/c1-6-4-7(2)9(5-8(6)11)16-10-12-13-14-15(10)3/h4-5H,11H2,1-3H3. The summed E-state index contributed by atoms with van der Waals surface area (Å²) in [5.41, 5.74) is 8.53. The molecule has 0 unspecified atom stereocenters. The molecule has 0 fully saturated rings. The predicted octanol–water partition coefficient (Wildman–Crippen LogP) is 1.20. The first kappa shape index (κ1) is 10.4. The lowest BCUT2D eigenvalue weighted by Crippen LogP contribution is -1.99. The minimum Gasteiger partial charge on any atom is -0.423 e. The number of anilines is 1. The van der Waals surface area contributed by atoms with Gasteiger partial charge in [0, 0.05) is 18.8 Å². The van der Waals surface area contributed by atoms with E-state index < -0.39 is 0 Å². The zero-order valence-electron chi connectivity index (χ0n) is 9.43. The smallest absolute Gasteiger partial charge is 0.340 e. The SMILES string of the molecule is Cc1cc(C)c(Oc2nnnn2C)cc1N. The van der Waals surface area contributed by atoms with Crippen molar-refractivity contribution < 1.29 is 4.74 Å². The quantitative estimate of drug-likeness (QED) is 0.768. The Morgan fingerprint density at radius 1 is 1.25 bits per heavy atom. The van der Waals surface area contributed by atoms with Gasteiger partial charge in [-0.2, -0.15) is 4.68 Å². The highest BCUT2D eigenvalue weighted by molar-refractivity contribution is 5.54. The highest BCUT2D eigenvalue weighted by Crippen LogP contribution is 2.27. The summed E-state index contributed by atoms with van der Waals surface area (Å²) in [6.07, 6.45) is 0. The molecule has 0 spiro atoms. The van der Waals surface area contributed by atoms with Crippen LogP contribution in [0.3, 0.4) is 0 Å². The van der Waals surface area contributed by atoms with Gasteiger partial charge in [0.2, 0.25) is 0 Å². The molecule has 84 valence electrons. The second kappa shape index (κ2) is 3.80. The van der Waals surface area contributed by atoms with E-state index in [4.69, 9.17) is 10.5 Å². The summed E-state index contributed by atoms with van der Waals surface area (Å²) in [7, 11) is 1.71. The van der Waals surface area contributed by atoms with Gasteiger partial charge in [0.25, 0.3) is 0 Å². The Hall–Kier alpha value is -2.11. The molecule has 2 N–H and O–H groups in total. The fraction of sp³-hybridized carbons (Fsp3) is 0.300. The summed E-state index contributed by atoms with van der Waals surface area (Å²) in [6.45, 7) is 3.90. The minimum absolute atomic E-state index is 0.339.